The second-order valence-electron chi connectivity index (χ2n) is 11.2. The molecular formula is C31H37FN6O5. The van der Waals surface area contributed by atoms with Crippen molar-refractivity contribution in [2.75, 3.05) is 37.6 Å². The molecule has 0 unspecified atom stereocenters. The van der Waals surface area contributed by atoms with Crippen LogP contribution in [0.25, 0.3) is 10.9 Å². The molecule has 1 saturated carbocycles. The van der Waals surface area contributed by atoms with Crippen molar-refractivity contribution in [1.82, 2.24) is 14.8 Å². The number of rotatable bonds is 11. The number of carboxylic acids is 1. The maximum Gasteiger partial charge on any atom is 0.341 e. The smallest absolute Gasteiger partial charge is 0.341 e. The van der Waals surface area contributed by atoms with E-state index in [2.05, 4.69) is 5.32 Å². The van der Waals surface area contributed by atoms with Crippen molar-refractivity contribution in [1.29, 1.82) is 0 Å². The van der Waals surface area contributed by atoms with Crippen LogP contribution in [-0.4, -0.2) is 77.2 Å². The zero-order chi connectivity index (χ0) is 30.7. The third kappa shape index (κ3) is 6.70. The van der Waals surface area contributed by atoms with E-state index in [0.717, 1.165) is 24.5 Å². The van der Waals surface area contributed by atoms with Crippen LogP contribution in [0.5, 0.6) is 0 Å². The van der Waals surface area contributed by atoms with Gasteiger partial charge in [0.25, 0.3) is 0 Å². The number of aromatic carboxylic acids is 1. The summed E-state index contributed by atoms with van der Waals surface area (Å²) < 4.78 is 17.1. The van der Waals surface area contributed by atoms with Gasteiger partial charge in [-0.3, -0.25) is 14.4 Å². The normalized spacial score (nSPS) is 16.6. The first-order chi connectivity index (χ1) is 20.7. The lowest BCUT2D eigenvalue weighted by molar-refractivity contribution is -0.137. The highest BCUT2D eigenvalue weighted by Crippen LogP contribution is 2.38. The van der Waals surface area contributed by atoms with E-state index in [9.17, 15) is 24.3 Å². The van der Waals surface area contributed by atoms with E-state index in [0.29, 0.717) is 57.5 Å². The van der Waals surface area contributed by atoms with Crippen molar-refractivity contribution in [3.05, 3.63) is 75.8 Å². The second kappa shape index (κ2) is 12.9. The van der Waals surface area contributed by atoms with Crippen LogP contribution in [0.3, 0.4) is 0 Å². The fourth-order valence-electron chi connectivity index (χ4n) is 5.62. The second-order valence-corrected chi connectivity index (χ2v) is 11.2. The van der Waals surface area contributed by atoms with Crippen LogP contribution in [0.2, 0.25) is 0 Å². The van der Waals surface area contributed by atoms with Gasteiger partial charge in [-0.1, -0.05) is 30.3 Å². The summed E-state index contributed by atoms with van der Waals surface area (Å²) in [6, 6.07) is 10.6. The number of piperazine rings is 1. The molecule has 2 aliphatic rings. The molecular weight excluding hydrogens is 555 g/mol. The van der Waals surface area contributed by atoms with Crippen molar-refractivity contribution in [2.24, 2.45) is 11.5 Å². The SMILES string of the molecule is NCCC[C@H](NC(=O)[C@@H](N)Cc1ccccc1)C(=O)N1CCN(c2cc3c(cc2F)c(=O)c(C(=O)O)cn3C2CC2)CC1. The number of fused-ring (bicyclic) bond motifs is 1. The third-order valence-corrected chi connectivity index (χ3v) is 8.15. The predicted molar refractivity (Wildman–Crippen MR) is 161 cm³/mol. The first kappa shape index (κ1) is 30.2. The summed E-state index contributed by atoms with van der Waals surface area (Å²) in [5, 5.41) is 12.3. The molecule has 2 fully saturated rings. The topological polar surface area (TPSA) is 164 Å². The molecule has 11 nitrogen and oxygen atoms in total. The number of benzene rings is 2. The Morgan fingerprint density at radius 3 is 2.40 bits per heavy atom. The van der Waals surface area contributed by atoms with Gasteiger partial charge in [0.2, 0.25) is 17.2 Å². The fourth-order valence-corrected chi connectivity index (χ4v) is 5.62. The van der Waals surface area contributed by atoms with Gasteiger partial charge >= 0.3 is 5.97 Å². The fraction of sp³-hybridized carbons (Fsp3) is 0.419. The van der Waals surface area contributed by atoms with Gasteiger partial charge in [0.1, 0.15) is 17.4 Å². The zero-order valence-corrected chi connectivity index (χ0v) is 23.9. The molecule has 12 heteroatoms. The summed E-state index contributed by atoms with van der Waals surface area (Å²) in [7, 11) is 0. The zero-order valence-electron chi connectivity index (χ0n) is 23.9. The van der Waals surface area contributed by atoms with E-state index in [1.165, 1.54) is 6.20 Å². The number of aromatic nitrogens is 1. The van der Waals surface area contributed by atoms with Crippen LogP contribution in [0.1, 0.15) is 47.6 Å². The number of nitrogens with zero attached hydrogens (tertiary/aromatic N) is 3. The van der Waals surface area contributed by atoms with E-state index >= 15 is 4.39 Å². The van der Waals surface area contributed by atoms with Gasteiger partial charge in [0, 0.05) is 43.8 Å². The molecule has 2 heterocycles. The van der Waals surface area contributed by atoms with Crippen LogP contribution in [0.15, 0.2) is 53.5 Å². The molecule has 1 aromatic heterocycles. The van der Waals surface area contributed by atoms with Gasteiger partial charge in [-0.05, 0) is 56.3 Å². The van der Waals surface area contributed by atoms with Crippen LogP contribution < -0.4 is 27.1 Å². The Hall–Kier alpha value is -4.29. The van der Waals surface area contributed by atoms with Crippen LogP contribution in [0.4, 0.5) is 10.1 Å². The minimum Gasteiger partial charge on any atom is -0.477 e. The summed E-state index contributed by atoms with van der Waals surface area (Å²) in [6.45, 7) is 1.63. The van der Waals surface area contributed by atoms with Gasteiger partial charge in [-0.15, -0.1) is 0 Å². The molecule has 0 spiro atoms. The molecule has 5 rings (SSSR count). The number of nitrogens with one attached hydrogen (secondary N) is 1. The number of nitrogens with two attached hydrogens (primary N) is 2. The lowest BCUT2D eigenvalue weighted by Gasteiger charge is -2.38. The third-order valence-electron chi connectivity index (χ3n) is 8.15. The molecule has 1 saturated heterocycles. The molecule has 6 N–H and O–H groups in total. The standard InChI is InChI=1S/C31H37FN6O5/c32-23-16-21-26(38(20-8-9-20)18-22(28(21)39)31(42)43)17-27(23)36-11-13-37(14-12-36)30(41)25(7-4-10-33)35-29(40)24(34)15-19-5-2-1-3-6-19/h1-3,5-6,16-18,20,24-25H,4,7-15,33-34H2,(H,35,40)(H,42,43)/t24-,25-/m0/s1. The highest BCUT2D eigenvalue weighted by atomic mass is 19.1. The average molecular weight is 593 g/mol. The monoisotopic (exact) mass is 592 g/mol. The summed E-state index contributed by atoms with van der Waals surface area (Å²) in [5.41, 5.74) is 12.5. The number of amides is 2. The quantitative estimate of drug-likeness (QED) is 0.261. The van der Waals surface area contributed by atoms with Crippen molar-refractivity contribution < 1.29 is 23.9 Å². The van der Waals surface area contributed by atoms with E-state index < -0.39 is 35.2 Å². The van der Waals surface area contributed by atoms with Gasteiger partial charge in [-0.2, -0.15) is 0 Å². The van der Waals surface area contributed by atoms with Crippen molar-refractivity contribution >= 4 is 34.4 Å². The number of carbonyl (C=O) groups excluding carboxylic acids is 2. The molecule has 2 atom stereocenters. The van der Waals surface area contributed by atoms with Crippen LogP contribution in [-0.2, 0) is 16.0 Å². The summed E-state index contributed by atoms with van der Waals surface area (Å²) in [5.74, 6) is -2.62. The van der Waals surface area contributed by atoms with Gasteiger partial charge in [-0.25, -0.2) is 9.18 Å². The molecule has 228 valence electrons. The molecule has 43 heavy (non-hydrogen) atoms. The van der Waals surface area contributed by atoms with Gasteiger partial charge in [0.15, 0.2) is 0 Å². The highest BCUT2D eigenvalue weighted by molar-refractivity contribution is 5.94. The molecule has 1 aliphatic heterocycles. The number of pyridine rings is 1. The number of halogens is 1. The molecule has 2 aromatic carbocycles. The van der Waals surface area contributed by atoms with Gasteiger partial charge in [0.05, 0.1) is 17.2 Å². The maximum absolute atomic E-state index is 15.4. The number of carbonyl (C=O) groups is 3. The minimum absolute atomic E-state index is 0.0332. The number of hydrogen-bond donors (Lipinski definition) is 4. The largest absolute Gasteiger partial charge is 0.477 e. The number of carboxylic acid groups (broad SMARTS) is 1. The summed E-state index contributed by atoms with van der Waals surface area (Å²) >= 11 is 0. The van der Waals surface area contributed by atoms with Crippen molar-refractivity contribution in [3.63, 3.8) is 0 Å². The Morgan fingerprint density at radius 1 is 1.07 bits per heavy atom. The van der Waals surface area contributed by atoms with Crippen molar-refractivity contribution in [3.8, 4) is 0 Å². The maximum atomic E-state index is 15.4. The molecule has 3 aromatic rings. The average Bonchev–Trinajstić information content (AvgIpc) is 3.85. The number of anilines is 1. The predicted octanol–water partition coefficient (Wildman–Crippen LogP) is 1.62. The first-order valence-electron chi connectivity index (χ1n) is 14.6. The molecule has 0 bridgehead atoms. The van der Waals surface area contributed by atoms with E-state index in [1.807, 2.05) is 35.2 Å². The Bertz CT molecular complexity index is 1570. The Morgan fingerprint density at radius 2 is 1.77 bits per heavy atom. The molecule has 2 amide bonds. The Labute approximate surface area is 248 Å². The van der Waals surface area contributed by atoms with E-state index in [4.69, 9.17) is 11.5 Å². The minimum atomic E-state index is -1.34. The Kier molecular flexibility index (Phi) is 9.07. The Balaban J connectivity index is 1.28. The molecule has 0 radical (unpaired) electrons. The van der Waals surface area contributed by atoms with E-state index in [1.54, 1.807) is 15.5 Å². The number of hydrogen-bond acceptors (Lipinski definition) is 7. The molecule has 1 aliphatic carbocycles. The van der Waals surface area contributed by atoms with Crippen molar-refractivity contribution in [2.45, 2.75) is 50.2 Å². The lowest BCUT2D eigenvalue weighted by Crippen LogP contribution is -2.57. The van der Waals surface area contributed by atoms with Gasteiger partial charge < -0.3 is 36.3 Å². The van der Waals surface area contributed by atoms with Crippen LogP contribution >= 0.6 is 0 Å². The summed E-state index contributed by atoms with van der Waals surface area (Å²) in [4.78, 5) is 54.3. The highest BCUT2D eigenvalue weighted by Gasteiger charge is 2.32. The first-order valence-corrected chi connectivity index (χ1v) is 14.6. The van der Waals surface area contributed by atoms with E-state index in [-0.39, 0.29) is 28.6 Å². The lowest BCUT2D eigenvalue weighted by atomic mass is 10.0. The van der Waals surface area contributed by atoms with Crippen LogP contribution in [0, 0.1) is 5.82 Å². The summed E-state index contributed by atoms with van der Waals surface area (Å²) in [6.07, 6.45) is 4.30.